The number of carbonyl (C=O) groups is 1. The van der Waals surface area contributed by atoms with Gasteiger partial charge in [0.1, 0.15) is 11.5 Å². The molecule has 0 bridgehead atoms. The Bertz CT molecular complexity index is 1020. The molecule has 0 saturated carbocycles. The number of rotatable bonds is 3. The van der Waals surface area contributed by atoms with Crippen molar-refractivity contribution in [2.24, 2.45) is 4.99 Å². The summed E-state index contributed by atoms with van der Waals surface area (Å²) >= 11 is 0. The summed E-state index contributed by atoms with van der Waals surface area (Å²) in [5.74, 6) is 0.565. The average Bonchev–Trinajstić information content (AvgIpc) is 2.98. The minimum atomic E-state index is -0.457. The zero-order valence-corrected chi connectivity index (χ0v) is 13.0. The largest absolute Gasteiger partial charge is 0.296 e. The van der Waals surface area contributed by atoms with E-state index in [1.807, 2.05) is 30.3 Å². The predicted molar refractivity (Wildman–Crippen MR) is 91.4 cm³/mol. The standard InChI is InChI=1S/C18H12N4O3/c23-11-14-9-19-17-10-20-18(12-4-2-1-3-5-12)15-7-6-13(22(24)25)8-16(15)21(14)17/h1-9,11H,10H2. The van der Waals surface area contributed by atoms with Crippen molar-refractivity contribution < 1.29 is 9.72 Å². The lowest BCUT2D eigenvalue weighted by atomic mass is 10.00. The Hall–Kier alpha value is -3.61. The lowest BCUT2D eigenvalue weighted by Gasteiger charge is -2.12. The normalized spacial score (nSPS) is 12.6. The Morgan fingerprint density at radius 1 is 1.16 bits per heavy atom. The second kappa shape index (κ2) is 5.79. The summed E-state index contributed by atoms with van der Waals surface area (Å²) in [6, 6.07) is 14.1. The number of nitrogens with zero attached hydrogens (tertiary/aromatic N) is 4. The van der Waals surface area contributed by atoms with E-state index in [0.717, 1.165) is 11.1 Å². The third kappa shape index (κ3) is 2.42. The van der Waals surface area contributed by atoms with Crippen LogP contribution in [0, 0.1) is 10.1 Å². The van der Waals surface area contributed by atoms with Crippen LogP contribution in [0.5, 0.6) is 0 Å². The Kier molecular flexibility index (Phi) is 3.46. The maximum absolute atomic E-state index is 11.4. The monoisotopic (exact) mass is 332 g/mol. The number of aliphatic imine (C=N–C) groups is 1. The molecule has 0 fully saturated rings. The molecule has 3 aromatic rings. The molecule has 1 aliphatic heterocycles. The van der Waals surface area contributed by atoms with Crippen LogP contribution in [0.2, 0.25) is 0 Å². The average molecular weight is 332 g/mol. The fourth-order valence-corrected chi connectivity index (χ4v) is 2.97. The molecule has 4 rings (SSSR count). The first kappa shape index (κ1) is 14.9. The van der Waals surface area contributed by atoms with Crippen LogP contribution in [0.3, 0.4) is 0 Å². The molecule has 1 aliphatic rings. The van der Waals surface area contributed by atoms with E-state index in [0.29, 0.717) is 29.2 Å². The van der Waals surface area contributed by atoms with Gasteiger partial charge in [-0.1, -0.05) is 30.3 Å². The highest BCUT2D eigenvalue weighted by Crippen LogP contribution is 2.29. The molecule has 0 spiro atoms. The van der Waals surface area contributed by atoms with Gasteiger partial charge < -0.3 is 0 Å². The molecule has 25 heavy (non-hydrogen) atoms. The molecule has 2 heterocycles. The Labute approximate surface area is 142 Å². The third-order valence-electron chi connectivity index (χ3n) is 4.10. The Morgan fingerprint density at radius 3 is 2.68 bits per heavy atom. The molecular formula is C18H12N4O3. The van der Waals surface area contributed by atoms with Gasteiger partial charge in [0.25, 0.3) is 5.69 Å². The van der Waals surface area contributed by atoms with E-state index < -0.39 is 4.92 Å². The van der Waals surface area contributed by atoms with E-state index in [-0.39, 0.29) is 12.2 Å². The number of aromatic nitrogens is 2. The maximum atomic E-state index is 11.4. The van der Waals surface area contributed by atoms with Gasteiger partial charge in [0.2, 0.25) is 0 Å². The molecule has 0 unspecified atom stereocenters. The zero-order chi connectivity index (χ0) is 17.4. The molecule has 0 amide bonds. The van der Waals surface area contributed by atoms with Gasteiger partial charge in [-0.3, -0.25) is 24.5 Å². The number of nitro benzene ring substituents is 1. The first-order valence-corrected chi connectivity index (χ1v) is 7.60. The van der Waals surface area contributed by atoms with Crippen molar-refractivity contribution in [1.29, 1.82) is 0 Å². The summed E-state index contributed by atoms with van der Waals surface area (Å²) in [5.41, 5.74) is 3.15. The van der Waals surface area contributed by atoms with Gasteiger partial charge in [-0.2, -0.15) is 0 Å². The molecule has 0 atom stereocenters. The van der Waals surface area contributed by atoms with Crippen LogP contribution in [-0.2, 0) is 6.54 Å². The summed E-state index contributed by atoms with van der Waals surface area (Å²) in [7, 11) is 0. The van der Waals surface area contributed by atoms with Crippen molar-refractivity contribution in [1.82, 2.24) is 9.55 Å². The smallest absolute Gasteiger partial charge is 0.271 e. The number of benzene rings is 2. The number of hydrogen-bond donors (Lipinski definition) is 0. The highest BCUT2D eigenvalue weighted by Gasteiger charge is 2.23. The fraction of sp³-hybridized carbons (Fsp3) is 0.0556. The van der Waals surface area contributed by atoms with Gasteiger partial charge in [0.15, 0.2) is 6.29 Å². The van der Waals surface area contributed by atoms with E-state index in [2.05, 4.69) is 9.98 Å². The first-order valence-electron chi connectivity index (χ1n) is 7.60. The first-order chi connectivity index (χ1) is 12.2. The molecule has 7 nitrogen and oxygen atoms in total. The number of aldehydes is 1. The second-order valence-corrected chi connectivity index (χ2v) is 5.54. The van der Waals surface area contributed by atoms with Crippen molar-refractivity contribution in [3.05, 3.63) is 87.5 Å². The van der Waals surface area contributed by atoms with Crippen LogP contribution in [-0.4, -0.2) is 26.5 Å². The molecule has 1 aromatic heterocycles. The molecular weight excluding hydrogens is 320 g/mol. The van der Waals surface area contributed by atoms with E-state index in [1.165, 1.54) is 18.3 Å². The van der Waals surface area contributed by atoms with Gasteiger partial charge in [-0.25, -0.2) is 4.98 Å². The molecule has 0 radical (unpaired) electrons. The lowest BCUT2D eigenvalue weighted by molar-refractivity contribution is -0.384. The number of carbonyl (C=O) groups excluding carboxylic acids is 1. The molecule has 0 saturated heterocycles. The van der Waals surface area contributed by atoms with Crippen LogP contribution in [0.25, 0.3) is 5.69 Å². The van der Waals surface area contributed by atoms with Crippen LogP contribution >= 0.6 is 0 Å². The molecule has 2 aromatic carbocycles. The number of hydrogen-bond acceptors (Lipinski definition) is 5. The quantitative estimate of drug-likeness (QED) is 0.419. The van der Waals surface area contributed by atoms with Gasteiger partial charge in [-0.05, 0) is 6.07 Å². The topological polar surface area (TPSA) is 90.4 Å². The summed E-state index contributed by atoms with van der Waals surface area (Å²) < 4.78 is 1.63. The van der Waals surface area contributed by atoms with Crippen molar-refractivity contribution in [3.63, 3.8) is 0 Å². The number of nitro groups is 1. The molecule has 122 valence electrons. The maximum Gasteiger partial charge on any atom is 0.271 e. The number of imidazole rings is 1. The number of non-ortho nitro benzene ring substituents is 1. The summed E-state index contributed by atoms with van der Waals surface area (Å²) in [4.78, 5) is 31.0. The van der Waals surface area contributed by atoms with Crippen molar-refractivity contribution >= 4 is 17.7 Å². The lowest BCUT2D eigenvalue weighted by Crippen LogP contribution is -2.09. The minimum absolute atomic E-state index is 0.0513. The highest BCUT2D eigenvalue weighted by molar-refractivity contribution is 6.15. The van der Waals surface area contributed by atoms with E-state index in [9.17, 15) is 14.9 Å². The molecule has 0 N–H and O–H groups in total. The van der Waals surface area contributed by atoms with Crippen LogP contribution in [0.1, 0.15) is 27.4 Å². The van der Waals surface area contributed by atoms with Crippen molar-refractivity contribution in [3.8, 4) is 5.69 Å². The highest BCUT2D eigenvalue weighted by atomic mass is 16.6. The predicted octanol–water partition coefficient (Wildman–Crippen LogP) is 2.94. The minimum Gasteiger partial charge on any atom is -0.296 e. The fourth-order valence-electron chi connectivity index (χ4n) is 2.97. The van der Waals surface area contributed by atoms with Gasteiger partial charge in [0.05, 0.1) is 29.1 Å². The van der Waals surface area contributed by atoms with Crippen LogP contribution in [0.4, 0.5) is 5.69 Å². The Balaban J connectivity index is 2.02. The van der Waals surface area contributed by atoms with Gasteiger partial charge in [-0.15, -0.1) is 0 Å². The van der Waals surface area contributed by atoms with Crippen molar-refractivity contribution in [2.45, 2.75) is 6.54 Å². The summed E-state index contributed by atoms with van der Waals surface area (Å²) in [5, 5.41) is 11.2. The Morgan fingerprint density at radius 2 is 1.96 bits per heavy atom. The van der Waals surface area contributed by atoms with E-state index in [1.54, 1.807) is 10.6 Å². The van der Waals surface area contributed by atoms with Crippen LogP contribution < -0.4 is 0 Å². The SMILES string of the molecule is O=Cc1cnc2n1-c1cc([N+](=O)[O-])ccc1C(c1ccccc1)=NC2. The summed E-state index contributed by atoms with van der Waals surface area (Å²) in [6.07, 6.45) is 2.14. The van der Waals surface area contributed by atoms with Gasteiger partial charge >= 0.3 is 0 Å². The second-order valence-electron chi connectivity index (χ2n) is 5.54. The van der Waals surface area contributed by atoms with Crippen LogP contribution in [0.15, 0.2) is 59.7 Å². The third-order valence-corrected chi connectivity index (χ3v) is 4.10. The zero-order valence-electron chi connectivity index (χ0n) is 13.0. The van der Waals surface area contributed by atoms with E-state index in [4.69, 9.17) is 0 Å². The van der Waals surface area contributed by atoms with E-state index >= 15 is 0 Å². The summed E-state index contributed by atoms with van der Waals surface area (Å²) in [6.45, 7) is 0.278. The van der Waals surface area contributed by atoms with Gasteiger partial charge in [0, 0.05) is 23.3 Å². The molecule has 0 aliphatic carbocycles. The number of fused-ring (bicyclic) bond motifs is 3. The molecule has 7 heteroatoms. The van der Waals surface area contributed by atoms with Crippen molar-refractivity contribution in [2.75, 3.05) is 0 Å².